The van der Waals surface area contributed by atoms with Crippen LogP contribution in [0.5, 0.6) is 0 Å². The molecule has 108 valence electrons. The van der Waals surface area contributed by atoms with Gasteiger partial charge in [-0.2, -0.15) is 0 Å². The quantitative estimate of drug-likeness (QED) is 0.424. The molecule has 1 heteroatoms. The first-order chi connectivity index (χ1) is 10.3. The average Bonchev–Trinajstić information content (AvgIpc) is 2.52. The van der Waals surface area contributed by atoms with Crippen molar-refractivity contribution in [2.45, 2.75) is 26.2 Å². The number of hydrogen-bond acceptors (Lipinski definition) is 0. The molecule has 21 heavy (non-hydrogen) atoms. The summed E-state index contributed by atoms with van der Waals surface area (Å²) >= 11 is 5.92. The van der Waals surface area contributed by atoms with Gasteiger partial charge < -0.3 is 0 Å². The Morgan fingerprint density at radius 1 is 0.762 bits per heavy atom. The molecule has 0 heterocycles. The van der Waals surface area contributed by atoms with Gasteiger partial charge in [-0.15, -0.1) is 0 Å². The van der Waals surface area contributed by atoms with E-state index in [0.29, 0.717) is 0 Å². The smallest absolute Gasteiger partial charge is 0.0406 e. The first kappa shape index (κ1) is 15.6. The average molecular weight is 297 g/mol. The van der Waals surface area contributed by atoms with E-state index in [1.165, 1.54) is 16.7 Å². The molecule has 0 aliphatic carbocycles. The van der Waals surface area contributed by atoms with Crippen molar-refractivity contribution in [2.24, 2.45) is 0 Å². The third-order valence-corrected chi connectivity index (χ3v) is 3.64. The predicted octanol–water partition coefficient (Wildman–Crippen LogP) is 6.46. The first-order valence-electron chi connectivity index (χ1n) is 7.40. The van der Waals surface area contributed by atoms with Crippen LogP contribution >= 0.6 is 11.6 Å². The van der Waals surface area contributed by atoms with Gasteiger partial charge in [0.15, 0.2) is 0 Å². The highest BCUT2D eigenvalue weighted by atomic mass is 35.5. The molecule has 0 saturated carbocycles. The second kappa shape index (κ2) is 8.49. The molecular formula is C20H21Cl. The molecule has 0 N–H and O–H groups in total. The van der Waals surface area contributed by atoms with E-state index < -0.39 is 0 Å². The summed E-state index contributed by atoms with van der Waals surface area (Å²) in [5.74, 6) is 0. The van der Waals surface area contributed by atoms with Gasteiger partial charge in [0.2, 0.25) is 0 Å². The minimum Gasteiger partial charge on any atom is -0.0917 e. The van der Waals surface area contributed by atoms with Gasteiger partial charge in [0, 0.05) is 5.02 Å². The van der Waals surface area contributed by atoms with Crippen LogP contribution in [0, 0.1) is 0 Å². The van der Waals surface area contributed by atoms with Crippen LogP contribution in [-0.4, -0.2) is 0 Å². The van der Waals surface area contributed by atoms with Crippen LogP contribution in [0.3, 0.4) is 0 Å². The molecule has 0 aliphatic rings. The molecule has 2 aromatic rings. The van der Waals surface area contributed by atoms with Gasteiger partial charge in [0.25, 0.3) is 0 Å². The zero-order valence-electron chi connectivity index (χ0n) is 12.4. The Hall–Kier alpha value is -1.79. The SMILES string of the molecule is C/C=C\CC/C=C\Cc1ccc(-c2ccc(Cl)cc2)cc1. The Kier molecular flexibility index (Phi) is 6.30. The molecule has 0 radical (unpaired) electrons. The van der Waals surface area contributed by atoms with Crippen molar-refractivity contribution in [1.29, 1.82) is 0 Å². The van der Waals surface area contributed by atoms with Gasteiger partial charge in [0.05, 0.1) is 0 Å². The number of benzene rings is 2. The van der Waals surface area contributed by atoms with Crippen LogP contribution in [0.15, 0.2) is 72.8 Å². The van der Waals surface area contributed by atoms with Gasteiger partial charge in [-0.1, -0.05) is 72.3 Å². The molecule has 2 rings (SSSR count). The van der Waals surface area contributed by atoms with Crippen LogP contribution < -0.4 is 0 Å². The molecule has 0 aromatic heterocycles. The van der Waals surface area contributed by atoms with Crippen LogP contribution in [0.4, 0.5) is 0 Å². The number of hydrogen-bond donors (Lipinski definition) is 0. The summed E-state index contributed by atoms with van der Waals surface area (Å²) in [4.78, 5) is 0. The normalized spacial score (nSPS) is 11.5. The monoisotopic (exact) mass is 296 g/mol. The fourth-order valence-electron chi connectivity index (χ4n) is 2.17. The highest BCUT2D eigenvalue weighted by molar-refractivity contribution is 6.30. The van der Waals surface area contributed by atoms with Gasteiger partial charge in [-0.05, 0) is 55.0 Å². The zero-order valence-corrected chi connectivity index (χ0v) is 13.2. The van der Waals surface area contributed by atoms with Gasteiger partial charge in [-0.3, -0.25) is 0 Å². The highest BCUT2D eigenvalue weighted by Gasteiger charge is 1.97. The molecule has 2 aromatic carbocycles. The second-order valence-electron chi connectivity index (χ2n) is 5.03. The molecule has 0 nitrogen and oxygen atoms in total. The maximum absolute atomic E-state index is 5.92. The molecule has 0 spiro atoms. The number of allylic oxidation sites excluding steroid dienone is 4. The maximum Gasteiger partial charge on any atom is 0.0406 e. The lowest BCUT2D eigenvalue weighted by Gasteiger charge is -2.03. The molecular weight excluding hydrogens is 276 g/mol. The lowest BCUT2D eigenvalue weighted by molar-refractivity contribution is 1.04. The minimum absolute atomic E-state index is 0.776. The Morgan fingerprint density at radius 2 is 1.33 bits per heavy atom. The van der Waals surface area contributed by atoms with Crippen molar-refractivity contribution in [3.05, 3.63) is 83.4 Å². The van der Waals surface area contributed by atoms with E-state index in [1.807, 2.05) is 12.1 Å². The Morgan fingerprint density at radius 3 is 1.95 bits per heavy atom. The topological polar surface area (TPSA) is 0 Å². The fourth-order valence-corrected chi connectivity index (χ4v) is 2.30. The van der Waals surface area contributed by atoms with E-state index in [1.54, 1.807) is 0 Å². The van der Waals surface area contributed by atoms with Gasteiger partial charge in [-0.25, -0.2) is 0 Å². The summed E-state index contributed by atoms with van der Waals surface area (Å²) in [7, 11) is 0. The standard InChI is InChI=1S/C20H21Cl/c1-2-3-4-5-6-7-8-17-9-11-18(12-10-17)19-13-15-20(21)16-14-19/h2-3,6-7,9-16H,4-5,8H2,1H3/b3-2-,7-6-. The van der Waals surface area contributed by atoms with Crippen molar-refractivity contribution in [3.8, 4) is 11.1 Å². The van der Waals surface area contributed by atoms with E-state index in [0.717, 1.165) is 24.3 Å². The maximum atomic E-state index is 5.92. The molecule has 0 atom stereocenters. The summed E-state index contributed by atoms with van der Waals surface area (Å²) in [5.41, 5.74) is 3.77. The van der Waals surface area contributed by atoms with E-state index in [9.17, 15) is 0 Å². The van der Waals surface area contributed by atoms with Crippen molar-refractivity contribution in [1.82, 2.24) is 0 Å². The minimum atomic E-state index is 0.776. The predicted molar refractivity (Wildman–Crippen MR) is 93.8 cm³/mol. The molecule has 0 bridgehead atoms. The van der Waals surface area contributed by atoms with Crippen LogP contribution in [0.2, 0.25) is 5.02 Å². The van der Waals surface area contributed by atoms with E-state index in [2.05, 4.69) is 67.6 Å². The van der Waals surface area contributed by atoms with Crippen LogP contribution in [0.25, 0.3) is 11.1 Å². The van der Waals surface area contributed by atoms with Crippen LogP contribution in [-0.2, 0) is 6.42 Å². The number of unbranched alkanes of at least 4 members (excludes halogenated alkanes) is 1. The highest BCUT2D eigenvalue weighted by Crippen LogP contribution is 2.22. The van der Waals surface area contributed by atoms with E-state index >= 15 is 0 Å². The summed E-state index contributed by atoms with van der Waals surface area (Å²) in [6.45, 7) is 2.06. The third-order valence-electron chi connectivity index (χ3n) is 3.39. The van der Waals surface area contributed by atoms with Gasteiger partial charge in [0.1, 0.15) is 0 Å². The van der Waals surface area contributed by atoms with Crippen molar-refractivity contribution in [2.75, 3.05) is 0 Å². The summed E-state index contributed by atoms with van der Waals surface area (Å²) in [6, 6.07) is 16.7. The summed E-state index contributed by atoms with van der Waals surface area (Å²) < 4.78 is 0. The van der Waals surface area contributed by atoms with Gasteiger partial charge >= 0.3 is 0 Å². The first-order valence-corrected chi connectivity index (χ1v) is 7.78. The molecule has 0 unspecified atom stereocenters. The lowest BCUT2D eigenvalue weighted by atomic mass is 10.0. The second-order valence-corrected chi connectivity index (χ2v) is 5.46. The molecule has 0 fully saturated rings. The number of halogens is 1. The van der Waals surface area contributed by atoms with Crippen molar-refractivity contribution < 1.29 is 0 Å². The van der Waals surface area contributed by atoms with E-state index in [4.69, 9.17) is 11.6 Å². The zero-order chi connectivity index (χ0) is 14.9. The Balaban J connectivity index is 1.91. The Labute approximate surface area is 132 Å². The molecule has 0 amide bonds. The van der Waals surface area contributed by atoms with Crippen molar-refractivity contribution >= 4 is 11.6 Å². The largest absolute Gasteiger partial charge is 0.0917 e. The number of rotatable bonds is 6. The Bertz CT molecular complexity index is 589. The molecule has 0 aliphatic heterocycles. The molecule has 0 saturated heterocycles. The van der Waals surface area contributed by atoms with E-state index in [-0.39, 0.29) is 0 Å². The summed E-state index contributed by atoms with van der Waals surface area (Å²) in [6.07, 6.45) is 12.1. The van der Waals surface area contributed by atoms with Crippen LogP contribution in [0.1, 0.15) is 25.3 Å². The fraction of sp³-hybridized carbons (Fsp3) is 0.200. The summed E-state index contributed by atoms with van der Waals surface area (Å²) in [5, 5.41) is 0.776. The van der Waals surface area contributed by atoms with Crippen molar-refractivity contribution in [3.63, 3.8) is 0 Å². The lowest BCUT2D eigenvalue weighted by Crippen LogP contribution is -1.82. The third kappa shape index (κ3) is 5.24.